The van der Waals surface area contributed by atoms with E-state index in [1.165, 1.54) is 19.5 Å². The minimum Gasteiger partial charge on any atom is -0.464 e. The Morgan fingerprint density at radius 1 is 1.62 bits per heavy atom. The van der Waals surface area contributed by atoms with Gasteiger partial charge in [0.15, 0.2) is 5.69 Å². The molecule has 0 aliphatic rings. The number of methoxy groups -OCH3 is 1. The summed E-state index contributed by atoms with van der Waals surface area (Å²) in [6.45, 7) is -0.229. The highest BCUT2D eigenvalue weighted by Gasteiger charge is 2.09. The molecule has 1 unspecified atom stereocenters. The lowest BCUT2D eigenvalue weighted by Gasteiger charge is -2.09. The number of rotatable bonds is 5. The van der Waals surface area contributed by atoms with E-state index < -0.39 is 12.1 Å². The molecule has 7 heteroatoms. The Balaban J connectivity index is 2.64. The third-order valence-electron chi connectivity index (χ3n) is 1.76. The van der Waals surface area contributed by atoms with E-state index in [2.05, 4.69) is 20.0 Å². The number of hydrogen-bond acceptors (Lipinski definition) is 7. The Kier molecular flexibility index (Phi) is 4.62. The van der Waals surface area contributed by atoms with E-state index in [1.807, 2.05) is 0 Å². The van der Waals surface area contributed by atoms with Crippen molar-refractivity contribution < 1.29 is 19.7 Å². The van der Waals surface area contributed by atoms with Gasteiger partial charge in [-0.1, -0.05) is 0 Å². The van der Waals surface area contributed by atoms with Crippen molar-refractivity contribution in [1.82, 2.24) is 9.97 Å². The predicted molar refractivity (Wildman–Crippen MR) is 55.0 cm³/mol. The van der Waals surface area contributed by atoms with Crippen molar-refractivity contribution >= 4 is 11.8 Å². The third-order valence-corrected chi connectivity index (χ3v) is 1.76. The van der Waals surface area contributed by atoms with Gasteiger partial charge in [-0.2, -0.15) is 0 Å². The van der Waals surface area contributed by atoms with Crippen molar-refractivity contribution in [2.24, 2.45) is 0 Å². The zero-order valence-corrected chi connectivity index (χ0v) is 8.75. The number of carbonyl (C=O) groups excluding carboxylic acids is 1. The molecular weight excluding hydrogens is 214 g/mol. The number of aromatic nitrogens is 2. The van der Waals surface area contributed by atoms with Crippen LogP contribution in [0.2, 0.25) is 0 Å². The molecule has 0 aromatic carbocycles. The topological polar surface area (TPSA) is 105 Å². The largest absolute Gasteiger partial charge is 0.464 e. The van der Waals surface area contributed by atoms with Crippen LogP contribution in [0.25, 0.3) is 0 Å². The van der Waals surface area contributed by atoms with Crippen LogP contribution in [0.15, 0.2) is 12.4 Å². The molecule has 1 aromatic heterocycles. The number of carbonyl (C=O) groups is 1. The first-order valence-corrected chi connectivity index (χ1v) is 4.60. The summed E-state index contributed by atoms with van der Waals surface area (Å²) in [7, 11) is 1.25. The number of esters is 1. The summed E-state index contributed by atoms with van der Waals surface area (Å²) in [6.07, 6.45) is 1.79. The van der Waals surface area contributed by atoms with Gasteiger partial charge in [0.05, 0.1) is 32.2 Å². The highest BCUT2D eigenvalue weighted by molar-refractivity contribution is 5.87. The Bertz CT molecular complexity index is 358. The van der Waals surface area contributed by atoms with Crippen molar-refractivity contribution in [3.05, 3.63) is 18.1 Å². The summed E-state index contributed by atoms with van der Waals surface area (Å²) in [5.41, 5.74) is 0.0750. The Morgan fingerprint density at radius 3 is 3.00 bits per heavy atom. The van der Waals surface area contributed by atoms with Gasteiger partial charge in [-0.15, -0.1) is 0 Å². The molecule has 1 rings (SSSR count). The van der Waals surface area contributed by atoms with Crippen molar-refractivity contribution in [2.75, 3.05) is 25.6 Å². The van der Waals surface area contributed by atoms with Gasteiger partial charge in [0.2, 0.25) is 0 Å². The molecule has 1 atom stereocenters. The summed E-state index contributed by atoms with van der Waals surface area (Å²) in [5.74, 6) is -0.255. The van der Waals surface area contributed by atoms with Gasteiger partial charge in [-0.25, -0.2) is 9.78 Å². The number of anilines is 1. The Hall–Kier alpha value is -1.73. The lowest BCUT2D eigenvalue weighted by Crippen LogP contribution is -2.23. The van der Waals surface area contributed by atoms with Crippen molar-refractivity contribution in [2.45, 2.75) is 6.10 Å². The second-order valence-corrected chi connectivity index (χ2v) is 3.00. The summed E-state index contributed by atoms with van der Waals surface area (Å²) >= 11 is 0. The molecule has 1 aromatic rings. The average molecular weight is 227 g/mol. The lowest BCUT2D eigenvalue weighted by molar-refractivity contribution is 0.0593. The van der Waals surface area contributed by atoms with Crippen LogP contribution >= 0.6 is 0 Å². The van der Waals surface area contributed by atoms with Crippen LogP contribution in [0, 0.1) is 0 Å². The van der Waals surface area contributed by atoms with Crippen LogP contribution in [0.5, 0.6) is 0 Å². The minimum atomic E-state index is -0.886. The van der Waals surface area contributed by atoms with E-state index in [-0.39, 0.29) is 18.8 Å². The molecule has 0 saturated carbocycles. The maximum absolute atomic E-state index is 11.1. The number of nitrogens with zero attached hydrogens (tertiary/aromatic N) is 2. The maximum atomic E-state index is 11.1. The summed E-state index contributed by atoms with van der Waals surface area (Å²) in [4.78, 5) is 18.8. The SMILES string of the molecule is COC(=O)c1cncc(NCC(O)CO)n1. The van der Waals surface area contributed by atoms with Crippen molar-refractivity contribution in [1.29, 1.82) is 0 Å². The molecule has 16 heavy (non-hydrogen) atoms. The lowest BCUT2D eigenvalue weighted by atomic mass is 10.4. The van der Waals surface area contributed by atoms with Crippen LogP contribution in [0.4, 0.5) is 5.82 Å². The molecule has 88 valence electrons. The fourth-order valence-corrected chi connectivity index (χ4v) is 0.941. The zero-order chi connectivity index (χ0) is 12.0. The predicted octanol–water partition coefficient (Wildman–Crippen LogP) is -0.972. The number of nitrogens with one attached hydrogen (secondary N) is 1. The quantitative estimate of drug-likeness (QED) is 0.556. The monoisotopic (exact) mass is 227 g/mol. The third kappa shape index (κ3) is 3.44. The zero-order valence-electron chi connectivity index (χ0n) is 8.75. The standard InChI is InChI=1S/C9H13N3O4/c1-16-9(15)7-3-10-4-8(12-7)11-2-6(14)5-13/h3-4,6,13-14H,2,5H2,1H3,(H,11,12). The molecule has 0 aliphatic heterocycles. The Labute approximate surface area is 92.1 Å². The van der Waals surface area contributed by atoms with Gasteiger partial charge in [0.25, 0.3) is 0 Å². The highest BCUT2D eigenvalue weighted by atomic mass is 16.5. The second kappa shape index (κ2) is 5.99. The van der Waals surface area contributed by atoms with E-state index in [9.17, 15) is 4.79 Å². The van der Waals surface area contributed by atoms with Gasteiger partial charge in [0.1, 0.15) is 5.82 Å². The van der Waals surface area contributed by atoms with Crippen LogP contribution < -0.4 is 5.32 Å². The summed E-state index contributed by atoms with van der Waals surface area (Å²) in [5, 5.41) is 20.4. The van der Waals surface area contributed by atoms with Gasteiger partial charge in [-0.3, -0.25) is 4.98 Å². The molecule has 0 radical (unpaired) electrons. The average Bonchev–Trinajstić information content (AvgIpc) is 2.35. The minimum absolute atomic E-state index is 0.0750. The van der Waals surface area contributed by atoms with Crippen LogP contribution in [-0.4, -0.2) is 52.5 Å². The number of aliphatic hydroxyl groups excluding tert-OH is 2. The van der Waals surface area contributed by atoms with Gasteiger partial charge < -0.3 is 20.3 Å². The molecule has 7 nitrogen and oxygen atoms in total. The number of hydrogen-bond donors (Lipinski definition) is 3. The first-order chi connectivity index (χ1) is 7.67. The molecule has 0 fully saturated rings. The normalized spacial score (nSPS) is 11.9. The molecule has 0 spiro atoms. The molecule has 0 bridgehead atoms. The molecular formula is C9H13N3O4. The summed E-state index contributed by atoms with van der Waals surface area (Å²) < 4.78 is 4.48. The molecule has 1 heterocycles. The Morgan fingerprint density at radius 2 is 2.38 bits per heavy atom. The van der Waals surface area contributed by atoms with E-state index in [1.54, 1.807) is 0 Å². The molecule has 3 N–H and O–H groups in total. The van der Waals surface area contributed by atoms with Crippen molar-refractivity contribution in [3.8, 4) is 0 Å². The van der Waals surface area contributed by atoms with E-state index in [0.29, 0.717) is 5.82 Å². The number of ether oxygens (including phenoxy) is 1. The van der Waals surface area contributed by atoms with E-state index >= 15 is 0 Å². The molecule has 0 amide bonds. The van der Waals surface area contributed by atoms with Crippen LogP contribution in [0.3, 0.4) is 0 Å². The fraction of sp³-hybridized carbons (Fsp3) is 0.444. The van der Waals surface area contributed by atoms with Crippen LogP contribution in [-0.2, 0) is 4.74 Å². The maximum Gasteiger partial charge on any atom is 0.358 e. The van der Waals surface area contributed by atoms with Crippen molar-refractivity contribution in [3.63, 3.8) is 0 Å². The van der Waals surface area contributed by atoms with E-state index in [0.717, 1.165) is 0 Å². The first kappa shape index (κ1) is 12.3. The van der Waals surface area contributed by atoms with Gasteiger partial charge in [0, 0.05) is 6.54 Å². The molecule has 0 saturated heterocycles. The highest BCUT2D eigenvalue weighted by Crippen LogP contribution is 2.03. The van der Waals surface area contributed by atoms with Gasteiger partial charge >= 0.3 is 5.97 Å². The molecule has 0 aliphatic carbocycles. The smallest absolute Gasteiger partial charge is 0.358 e. The van der Waals surface area contributed by atoms with E-state index in [4.69, 9.17) is 10.2 Å². The number of aliphatic hydroxyl groups is 2. The van der Waals surface area contributed by atoms with Gasteiger partial charge in [-0.05, 0) is 0 Å². The first-order valence-electron chi connectivity index (χ1n) is 4.60. The second-order valence-electron chi connectivity index (χ2n) is 3.00. The summed E-state index contributed by atoms with van der Waals surface area (Å²) in [6, 6.07) is 0. The fourth-order valence-electron chi connectivity index (χ4n) is 0.941. The van der Waals surface area contributed by atoms with Crippen LogP contribution in [0.1, 0.15) is 10.5 Å².